The van der Waals surface area contributed by atoms with Crippen molar-refractivity contribution in [2.45, 2.75) is 6.42 Å². The number of hydrogen-bond donors (Lipinski definition) is 2. The zero-order valence-electron chi connectivity index (χ0n) is 11.5. The molecule has 0 aliphatic rings. The minimum atomic E-state index is 0.0608. The number of aliphatic hydroxyl groups excluding tert-OH is 1. The van der Waals surface area contributed by atoms with Crippen LogP contribution >= 0.6 is 0 Å². The van der Waals surface area contributed by atoms with E-state index in [-0.39, 0.29) is 6.61 Å². The lowest BCUT2D eigenvalue weighted by Crippen LogP contribution is -2.30. The summed E-state index contributed by atoms with van der Waals surface area (Å²) in [6, 6.07) is 7.95. The first kappa shape index (κ1) is 15.8. The first-order chi connectivity index (χ1) is 9.31. The van der Waals surface area contributed by atoms with Gasteiger partial charge < -0.3 is 25.2 Å². The Morgan fingerprint density at radius 1 is 1.16 bits per heavy atom. The third kappa shape index (κ3) is 5.92. The fourth-order valence-corrected chi connectivity index (χ4v) is 1.79. The summed E-state index contributed by atoms with van der Waals surface area (Å²) in [5.74, 6) is 0.846. The van der Waals surface area contributed by atoms with Gasteiger partial charge in [0, 0.05) is 18.8 Å². The van der Waals surface area contributed by atoms with Crippen molar-refractivity contribution in [3.8, 4) is 5.75 Å². The Morgan fingerprint density at radius 3 is 2.47 bits per heavy atom. The van der Waals surface area contributed by atoms with Gasteiger partial charge in [0.15, 0.2) is 0 Å². The number of benzene rings is 1. The summed E-state index contributed by atoms with van der Waals surface area (Å²) in [5.41, 5.74) is 6.69. The van der Waals surface area contributed by atoms with Crippen LogP contribution in [0.1, 0.15) is 6.42 Å². The van der Waals surface area contributed by atoms with Gasteiger partial charge in [-0.25, -0.2) is 0 Å². The molecule has 5 heteroatoms. The summed E-state index contributed by atoms with van der Waals surface area (Å²) in [4.78, 5) is 2.23. The molecule has 0 saturated heterocycles. The highest BCUT2D eigenvalue weighted by molar-refractivity contribution is 5.49. The monoisotopic (exact) mass is 268 g/mol. The molecule has 0 radical (unpaired) electrons. The third-order valence-electron chi connectivity index (χ3n) is 2.81. The van der Waals surface area contributed by atoms with Gasteiger partial charge in [0.2, 0.25) is 0 Å². The number of anilines is 1. The number of nitrogens with two attached hydrogens (primary N) is 1. The number of methoxy groups -OCH3 is 1. The van der Waals surface area contributed by atoms with Crippen LogP contribution in [0.4, 0.5) is 5.69 Å². The van der Waals surface area contributed by atoms with Gasteiger partial charge in [-0.3, -0.25) is 0 Å². The number of rotatable bonds is 10. The highest BCUT2D eigenvalue weighted by atomic mass is 16.5. The molecule has 108 valence electrons. The molecule has 0 amide bonds. The molecule has 0 saturated carbocycles. The number of aliphatic hydroxyl groups is 1. The van der Waals surface area contributed by atoms with Crippen LogP contribution in [0.2, 0.25) is 0 Å². The Balaban J connectivity index is 2.55. The molecule has 0 atom stereocenters. The molecular formula is C14H24N2O3. The molecular weight excluding hydrogens is 244 g/mol. The lowest BCUT2D eigenvalue weighted by molar-refractivity contribution is 0.0966. The lowest BCUT2D eigenvalue weighted by Gasteiger charge is -2.24. The Labute approximate surface area is 114 Å². The van der Waals surface area contributed by atoms with E-state index in [1.54, 1.807) is 7.11 Å². The van der Waals surface area contributed by atoms with Crippen LogP contribution in [0, 0.1) is 0 Å². The van der Waals surface area contributed by atoms with E-state index >= 15 is 0 Å². The van der Waals surface area contributed by atoms with E-state index < -0.39 is 0 Å². The minimum Gasteiger partial charge on any atom is -0.497 e. The maximum atomic E-state index is 8.68. The van der Waals surface area contributed by atoms with Crippen LogP contribution in [-0.4, -0.2) is 51.7 Å². The van der Waals surface area contributed by atoms with E-state index in [1.165, 1.54) is 0 Å². The van der Waals surface area contributed by atoms with Crippen LogP contribution in [0.3, 0.4) is 0 Å². The highest BCUT2D eigenvalue weighted by Gasteiger charge is 2.06. The SMILES string of the molecule is COc1ccc(N(CCCN)CCOCCO)cc1. The van der Waals surface area contributed by atoms with Crippen LogP contribution in [0.25, 0.3) is 0 Å². The van der Waals surface area contributed by atoms with Crippen LogP contribution in [0.15, 0.2) is 24.3 Å². The lowest BCUT2D eigenvalue weighted by atomic mass is 10.2. The smallest absolute Gasteiger partial charge is 0.119 e. The third-order valence-corrected chi connectivity index (χ3v) is 2.81. The molecule has 1 aromatic rings. The van der Waals surface area contributed by atoms with Gasteiger partial charge >= 0.3 is 0 Å². The fourth-order valence-electron chi connectivity index (χ4n) is 1.79. The molecule has 1 aromatic carbocycles. The van der Waals surface area contributed by atoms with Crippen LogP contribution in [0.5, 0.6) is 5.75 Å². The van der Waals surface area contributed by atoms with E-state index in [0.717, 1.165) is 30.9 Å². The molecule has 0 spiro atoms. The molecule has 5 nitrogen and oxygen atoms in total. The quantitative estimate of drug-likeness (QED) is 0.616. The van der Waals surface area contributed by atoms with E-state index in [9.17, 15) is 0 Å². The molecule has 0 aliphatic heterocycles. The second-order valence-corrected chi connectivity index (χ2v) is 4.16. The summed E-state index contributed by atoms with van der Waals surface area (Å²) in [5, 5.41) is 8.68. The average molecular weight is 268 g/mol. The topological polar surface area (TPSA) is 68.0 Å². The highest BCUT2D eigenvalue weighted by Crippen LogP contribution is 2.19. The summed E-state index contributed by atoms with van der Waals surface area (Å²) in [6.07, 6.45) is 0.937. The number of nitrogens with zero attached hydrogens (tertiary/aromatic N) is 1. The van der Waals surface area contributed by atoms with Gasteiger partial charge in [-0.1, -0.05) is 0 Å². The van der Waals surface area contributed by atoms with Gasteiger partial charge in [0.25, 0.3) is 0 Å². The molecule has 0 bridgehead atoms. The van der Waals surface area contributed by atoms with Crippen molar-refractivity contribution < 1.29 is 14.6 Å². The van der Waals surface area contributed by atoms with Crippen molar-refractivity contribution in [3.63, 3.8) is 0 Å². The van der Waals surface area contributed by atoms with E-state index in [0.29, 0.717) is 19.8 Å². The molecule has 0 aromatic heterocycles. The Kier molecular flexibility index (Phi) is 7.97. The first-order valence-corrected chi connectivity index (χ1v) is 6.59. The maximum Gasteiger partial charge on any atom is 0.119 e. The molecule has 19 heavy (non-hydrogen) atoms. The Bertz CT molecular complexity index is 330. The van der Waals surface area contributed by atoms with Gasteiger partial charge in [0.1, 0.15) is 5.75 Å². The average Bonchev–Trinajstić information content (AvgIpc) is 2.47. The van der Waals surface area contributed by atoms with E-state index in [2.05, 4.69) is 4.90 Å². The molecule has 0 aliphatic carbocycles. The standard InChI is InChI=1S/C14H24N2O3/c1-18-14-5-3-13(4-6-14)16(8-2-7-15)9-11-19-12-10-17/h3-6,17H,2,7-12,15H2,1H3. The number of hydrogen-bond acceptors (Lipinski definition) is 5. The molecule has 0 fully saturated rings. The fraction of sp³-hybridized carbons (Fsp3) is 0.571. The largest absolute Gasteiger partial charge is 0.497 e. The summed E-state index contributed by atoms with van der Waals surface area (Å²) < 4.78 is 10.5. The predicted molar refractivity (Wildman–Crippen MR) is 76.8 cm³/mol. The van der Waals surface area contributed by atoms with Crippen molar-refractivity contribution in [2.24, 2.45) is 5.73 Å². The van der Waals surface area contributed by atoms with Gasteiger partial charge in [0.05, 0.1) is 26.9 Å². The maximum absolute atomic E-state index is 8.68. The van der Waals surface area contributed by atoms with Crippen molar-refractivity contribution in [2.75, 3.05) is 51.5 Å². The minimum absolute atomic E-state index is 0.0608. The van der Waals surface area contributed by atoms with E-state index in [1.807, 2.05) is 24.3 Å². The van der Waals surface area contributed by atoms with Gasteiger partial charge in [-0.2, -0.15) is 0 Å². The summed E-state index contributed by atoms with van der Waals surface area (Å²) >= 11 is 0. The zero-order chi connectivity index (χ0) is 13.9. The number of ether oxygens (including phenoxy) is 2. The molecule has 1 rings (SSSR count). The first-order valence-electron chi connectivity index (χ1n) is 6.59. The normalized spacial score (nSPS) is 10.5. The van der Waals surface area contributed by atoms with Crippen molar-refractivity contribution >= 4 is 5.69 Å². The van der Waals surface area contributed by atoms with Gasteiger partial charge in [-0.15, -0.1) is 0 Å². The van der Waals surface area contributed by atoms with Gasteiger partial charge in [-0.05, 0) is 37.2 Å². The Morgan fingerprint density at radius 2 is 1.89 bits per heavy atom. The second-order valence-electron chi connectivity index (χ2n) is 4.16. The van der Waals surface area contributed by atoms with E-state index in [4.69, 9.17) is 20.3 Å². The predicted octanol–water partition coefficient (Wildman–Crippen LogP) is 0.859. The van der Waals surface area contributed by atoms with Crippen LogP contribution in [-0.2, 0) is 4.74 Å². The van der Waals surface area contributed by atoms with Crippen molar-refractivity contribution in [1.29, 1.82) is 0 Å². The zero-order valence-corrected chi connectivity index (χ0v) is 11.5. The van der Waals surface area contributed by atoms with Crippen molar-refractivity contribution in [1.82, 2.24) is 0 Å². The Hall–Kier alpha value is -1.30. The summed E-state index contributed by atoms with van der Waals surface area (Å²) in [6.45, 7) is 3.39. The van der Waals surface area contributed by atoms with Crippen LogP contribution < -0.4 is 15.4 Å². The summed E-state index contributed by atoms with van der Waals surface area (Å²) in [7, 11) is 1.66. The second kappa shape index (κ2) is 9.61. The molecule has 3 N–H and O–H groups in total. The molecule has 0 heterocycles. The molecule has 0 unspecified atom stereocenters. The van der Waals surface area contributed by atoms with Crippen molar-refractivity contribution in [3.05, 3.63) is 24.3 Å².